The van der Waals surface area contributed by atoms with Gasteiger partial charge in [-0.25, -0.2) is 0 Å². The Kier molecular flexibility index (Phi) is 4.99. The van der Waals surface area contributed by atoms with Crippen molar-refractivity contribution in [2.24, 2.45) is 0 Å². The highest BCUT2D eigenvalue weighted by Gasteiger charge is 2.33. The van der Waals surface area contributed by atoms with Gasteiger partial charge >= 0.3 is 0 Å². The molecule has 1 amide bonds. The number of thiocarbonyl (C=S) groups is 1. The van der Waals surface area contributed by atoms with Crippen molar-refractivity contribution in [2.75, 3.05) is 4.90 Å². The van der Waals surface area contributed by atoms with E-state index in [1.807, 2.05) is 30.3 Å². The number of nitrogens with zero attached hydrogens (tertiary/aromatic N) is 1. The van der Waals surface area contributed by atoms with Gasteiger partial charge in [0, 0.05) is 10.0 Å². The number of carbonyl (C=O) groups excluding carboxylic acids is 2. The van der Waals surface area contributed by atoms with Crippen molar-refractivity contribution in [3.05, 3.63) is 69.0 Å². The predicted octanol–water partition coefficient (Wildman–Crippen LogP) is 5.06. The molecular weight excluding hydrogens is 406 g/mol. The second kappa shape index (κ2) is 7.01. The molecule has 24 heavy (non-hydrogen) atoms. The lowest BCUT2D eigenvalue weighted by Gasteiger charge is -2.15. The fourth-order valence-corrected chi connectivity index (χ4v) is 4.02. The molecular formula is C18H12BrNO2S2. The van der Waals surface area contributed by atoms with E-state index in [1.165, 1.54) is 23.6 Å². The van der Waals surface area contributed by atoms with Crippen LogP contribution >= 0.6 is 39.9 Å². The van der Waals surface area contributed by atoms with Crippen molar-refractivity contribution < 1.29 is 9.59 Å². The average Bonchev–Trinajstić information content (AvgIpc) is 2.81. The Labute approximate surface area is 157 Å². The van der Waals surface area contributed by atoms with Gasteiger partial charge in [0.25, 0.3) is 5.91 Å². The van der Waals surface area contributed by atoms with Crippen molar-refractivity contribution in [3.63, 3.8) is 0 Å². The smallest absolute Gasteiger partial charge is 0.270 e. The van der Waals surface area contributed by atoms with E-state index in [1.54, 1.807) is 24.3 Å². The third-order valence-corrected chi connectivity index (χ3v) is 5.25. The van der Waals surface area contributed by atoms with Gasteiger partial charge in [0.1, 0.15) is 0 Å². The molecule has 0 radical (unpaired) electrons. The highest BCUT2D eigenvalue weighted by Crippen LogP contribution is 2.36. The van der Waals surface area contributed by atoms with E-state index in [-0.39, 0.29) is 11.7 Å². The van der Waals surface area contributed by atoms with Gasteiger partial charge in [-0.3, -0.25) is 14.5 Å². The molecule has 0 aliphatic carbocycles. The summed E-state index contributed by atoms with van der Waals surface area (Å²) in [6.45, 7) is 1.50. The van der Waals surface area contributed by atoms with Crippen LogP contribution in [0.4, 0.5) is 5.69 Å². The van der Waals surface area contributed by atoms with Gasteiger partial charge in [0.2, 0.25) is 0 Å². The van der Waals surface area contributed by atoms with Gasteiger partial charge in [-0.05, 0) is 42.8 Å². The Hall–Kier alpha value is -1.76. The third-order valence-electron chi connectivity index (χ3n) is 3.45. The van der Waals surface area contributed by atoms with Crippen LogP contribution in [0.5, 0.6) is 0 Å². The highest BCUT2D eigenvalue weighted by molar-refractivity contribution is 9.10. The highest BCUT2D eigenvalue weighted by atomic mass is 79.9. The minimum atomic E-state index is -0.175. The maximum absolute atomic E-state index is 12.7. The van der Waals surface area contributed by atoms with Crippen molar-refractivity contribution in [2.45, 2.75) is 6.92 Å². The van der Waals surface area contributed by atoms with E-state index in [2.05, 4.69) is 15.9 Å². The van der Waals surface area contributed by atoms with Gasteiger partial charge < -0.3 is 0 Å². The molecule has 0 N–H and O–H groups in total. The maximum atomic E-state index is 12.7. The Morgan fingerprint density at radius 2 is 1.96 bits per heavy atom. The first-order valence-electron chi connectivity index (χ1n) is 7.10. The zero-order valence-electron chi connectivity index (χ0n) is 12.7. The number of ketones is 1. The van der Waals surface area contributed by atoms with Crippen molar-refractivity contribution >= 4 is 67.7 Å². The van der Waals surface area contributed by atoms with E-state index in [4.69, 9.17) is 12.2 Å². The quantitative estimate of drug-likeness (QED) is 0.397. The van der Waals surface area contributed by atoms with E-state index >= 15 is 0 Å². The van der Waals surface area contributed by atoms with Crippen LogP contribution in [0.25, 0.3) is 6.08 Å². The summed E-state index contributed by atoms with van der Waals surface area (Å²) in [5.74, 6) is -0.224. The minimum Gasteiger partial charge on any atom is -0.295 e. The number of amides is 1. The first-order valence-corrected chi connectivity index (χ1v) is 9.12. The molecule has 6 heteroatoms. The largest absolute Gasteiger partial charge is 0.295 e. The van der Waals surface area contributed by atoms with E-state index in [0.29, 0.717) is 20.5 Å². The number of carbonyl (C=O) groups is 2. The average molecular weight is 418 g/mol. The molecule has 0 unspecified atom stereocenters. The second-order valence-corrected chi connectivity index (χ2v) is 7.77. The van der Waals surface area contributed by atoms with Gasteiger partial charge in [-0.1, -0.05) is 64.2 Å². The van der Waals surface area contributed by atoms with Crippen LogP contribution in [0.3, 0.4) is 0 Å². The molecule has 3 rings (SSSR count). The zero-order chi connectivity index (χ0) is 17.3. The van der Waals surface area contributed by atoms with Crippen LogP contribution in [0.15, 0.2) is 57.9 Å². The zero-order valence-corrected chi connectivity index (χ0v) is 15.9. The molecule has 3 nitrogen and oxygen atoms in total. The number of thioether (sulfide) groups is 1. The van der Waals surface area contributed by atoms with Crippen LogP contribution in [0.2, 0.25) is 0 Å². The molecule has 1 aliphatic rings. The standard InChI is InChI=1S/C18H12BrNO2S2/c1-11(21)13-5-3-7-15(10-13)20-17(22)16(24-18(20)23)9-12-4-2-6-14(19)8-12/h2-10H,1H3/b16-9-. The summed E-state index contributed by atoms with van der Waals surface area (Å²) in [5.41, 5.74) is 2.09. The SMILES string of the molecule is CC(=O)c1cccc(N2C(=O)/C(=C/c3cccc(Br)c3)SC2=S)c1. The first-order chi connectivity index (χ1) is 11.5. The molecule has 0 spiro atoms. The fraction of sp³-hybridized carbons (Fsp3) is 0.0556. The number of hydrogen-bond donors (Lipinski definition) is 0. The number of anilines is 1. The predicted molar refractivity (Wildman–Crippen MR) is 106 cm³/mol. The van der Waals surface area contributed by atoms with E-state index in [0.717, 1.165) is 10.0 Å². The van der Waals surface area contributed by atoms with E-state index in [9.17, 15) is 9.59 Å². The second-order valence-electron chi connectivity index (χ2n) is 5.18. The molecule has 0 bridgehead atoms. The summed E-state index contributed by atoms with van der Waals surface area (Å²) in [4.78, 5) is 26.3. The van der Waals surface area contributed by atoms with Gasteiger partial charge in [-0.15, -0.1) is 0 Å². The van der Waals surface area contributed by atoms with Crippen molar-refractivity contribution in [1.29, 1.82) is 0 Å². The number of benzene rings is 2. The summed E-state index contributed by atoms with van der Waals surface area (Å²) in [6, 6.07) is 14.6. The maximum Gasteiger partial charge on any atom is 0.270 e. The monoisotopic (exact) mass is 417 g/mol. The van der Waals surface area contributed by atoms with Crippen LogP contribution in [0, 0.1) is 0 Å². The topological polar surface area (TPSA) is 37.4 Å². The number of halogens is 1. The Morgan fingerprint density at radius 1 is 1.21 bits per heavy atom. The minimum absolute atomic E-state index is 0.0491. The molecule has 2 aromatic rings. The third kappa shape index (κ3) is 3.50. The Balaban J connectivity index is 1.95. The van der Waals surface area contributed by atoms with Crippen LogP contribution in [-0.2, 0) is 4.79 Å². The number of Topliss-reactive ketones (excluding diaryl/α,β-unsaturated/α-hetero) is 1. The molecule has 0 saturated carbocycles. The van der Waals surface area contributed by atoms with Crippen LogP contribution < -0.4 is 4.90 Å². The summed E-state index contributed by atoms with van der Waals surface area (Å²) >= 11 is 10.0. The lowest BCUT2D eigenvalue weighted by atomic mass is 10.1. The van der Waals surface area contributed by atoms with Crippen molar-refractivity contribution in [1.82, 2.24) is 0 Å². The normalized spacial score (nSPS) is 16.1. The molecule has 1 heterocycles. The summed E-state index contributed by atoms with van der Waals surface area (Å²) in [5, 5.41) is 0. The number of hydrogen-bond acceptors (Lipinski definition) is 4. The summed E-state index contributed by atoms with van der Waals surface area (Å²) < 4.78 is 1.41. The lowest BCUT2D eigenvalue weighted by molar-refractivity contribution is -0.113. The van der Waals surface area contributed by atoms with Crippen molar-refractivity contribution in [3.8, 4) is 0 Å². The Bertz CT molecular complexity index is 892. The van der Waals surface area contributed by atoms with E-state index < -0.39 is 0 Å². The molecule has 1 fully saturated rings. The van der Waals surface area contributed by atoms with Gasteiger partial charge in [0.05, 0.1) is 10.6 Å². The van der Waals surface area contributed by atoms with Crippen LogP contribution in [0.1, 0.15) is 22.8 Å². The molecule has 1 saturated heterocycles. The molecule has 1 aliphatic heterocycles. The molecule has 120 valence electrons. The summed E-state index contributed by atoms with van der Waals surface area (Å²) in [7, 11) is 0. The molecule has 2 aromatic carbocycles. The first kappa shape index (κ1) is 17.1. The summed E-state index contributed by atoms with van der Waals surface area (Å²) in [6.07, 6.45) is 1.82. The number of rotatable bonds is 3. The molecule has 0 aromatic heterocycles. The lowest BCUT2D eigenvalue weighted by Crippen LogP contribution is -2.27. The molecule has 0 atom stereocenters. The van der Waals surface area contributed by atoms with Gasteiger partial charge in [0.15, 0.2) is 10.1 Å². The fourth-order valence-electron chi connectivity index (χ4n) is 2.30. The van der Waals surface area contributed by atoms with Gasteiger partial charge in [-0.2, -0.15) is 0 Å². The van der Waals surface area contributed by atoms with Crippen LogP contribution in [-0.4, -0.2) is 16.0 Å². The Morgan fingerprint density at radius 3 is 2.67 bits per heavy atom.